The van der Waals surface area contributed by atoms with E-state index in [0.29, 0.717) is 16.9 Å². The zero-order chi connectivity index (χ0) is 13.8. The van der Waals surface area contributed by atoms with Crippen LogP contribution < -0.4 is 5.56 Å². The maximum Gasteiger partial charge on any atom is 0.278 e. The number of nitrogens with zero attached hydrogens (tertiary/aromatic N) is 3. The van der Waals surface area contributed by atoms with E-state index < -0.39 is 0 Å². The Balaban J connectivity index is 2.61. The molecule has 0 fully saturated rings. The van der Waals surface area contributed by atoms with Crippen molar-refractivity contribution in [3.63, 3.8) is 0 Å². The van der Waals surface area contributed by atoms with Crippen molar-refractivity contribution in [1.82, 2.24) is 9.78 Å². The van der Waals surface area contributed by atoms with Crippen molar-refractivity contribution >= 4 is 6.08 Å². The highest BCUT2D eigenvalue weighted by Crippen LogP contribution is 2.09. The molecule has 0 bridgehead atoms. The van der Waals surface area contributed by atoms with Crippen molar-refractivity contribution in [3.8, 4) is 17.8 Å². The van der Waals surface area contributed by atoms with Crippen molar-refractivity contribution in [2.75, 3.05) is 0 Å². The molecule has 0 saturated heterocycles. The molecule has 5 heteroatoms. The highest BCUT2D eigenvalue weighted by atomic mass is 16.1. The number of hydrogen-bond donors (Lipinski definition) is 1. The van der Waals surface area contributed by atoms with E-state index in [2.05, 4.69) is 5.10 Å². The largest absolute Gasteiger partial charge is 0.295 e. The molecular formula is C14H10N4O. The molecule has 5 nitrogen and oxygen atoms in total. The van der Waals surface area contributed by atoms with E-state index in [4.69, 9.17) is 10.5 Å². The quantitative estimate of drug-likeness (QED) is 0.826. The molecule has 0 unspecified atom stereocenters. The first-order valence-electron chi connectivity index (χ1n) is 5.56. The molecule has 2 aromatic rings. The average molecular weight is 250 g/mol. The minimum Gasteiger partial charge on any atom is -0.295 e. The maximum atomic E-state index is 12.2. The molecule has 1 heterocycles. The number of H-pyrrole nitrogens is 1. The van der Waals surface area contributed by atoms with Crippen LogP contribution in [0.25, 0.3) is 11.8 Å². The smallest absolute Gasteiger partial charge is 0.278 e. The second kappa shape index (κ2) is 5.07. The molecule has 0 spiro atoms. The number of para-hydroxylation sites is 1. The van der Waals surface area contributed by atoms with E-state index in [9.17, 15) is 4.79 Å². The summed E-state index contributed by atoms with van der Waals surface area (Å²) in [4.78, 5) is 12.2. The lowest BCUT2D eigenvalue weighted by Gasteiger charge is -1.99. The Morgan fingerprint density at radius 1 is 1.26 bits per heavy atom. The summed E-state index contributed by atoms with van der Waals surface area (Å²) in [5, 5.41) is 20.4. The van der Waals surface area contributed by atoms with Gasteiger partial charge in [-0.05, 0) is 25.1 Å². The van der Waals surface area contributed by atoms with Crippen molar-refractivity contribution in [1.29, 1.82) is 10.5 Å². The van der Waals surface area contributed by atoms with Gasteiger partial charge in [0.1, 0.15) is 17.7 Å². The SMILES string of the molecule is Cc1[nH]n(-c2ccccc2)c(=O)c1C=C(C#N)C#N. The minimum absolute atomic E-state index is 0.0978. The zero-order valence-electron chi connectivity index (χ0n) is 10.2. The van der Waals surface area contributed by atoms with Crippen molar-refractivity contribution in [3.05, 3.63) is 57.5 Å². The van der Waals surface area contributed by atoms with Crippen LogP contribution >= 0.6 is 0 Å². The summed E-state index contributed by atoms with van der Waals surface area (Å²) in [6.45, 7) is 1.72. The van der Waals surface area contributed by atoms with Crippen molar-refractivity contribution < 1.29 is 0 Å². The fourth-order valence-electron chi connectivity index (χ4n) is 1.72. The van der Waals surface area contributed by atoms with E-state index >= 15 is 0 Å². The van der Waals surface area contributed by atoms with Crippen LogP contribution in [0.2, 0.25) is 0 Å². The fraction of sp³-hybridized carbons (Fsp3) is 0.0714. The standard InChI is InChI=1S/C14H10N4O/c1-10-13(7-11(8-15)9-16)14(19)18(17-10)12-5-3-2-4-6-12/h2-7,17H,1H3. The first-order valence-corrected chi connectivity index (χ1v) is 5.56. The van der Waals surface area contributed by atoms with Crippen LogP contribution in [0.5, 0.6) is 0 Å². The summed E-state index contributed by atoms with van der Waals surface area (Å²) in [5.41, 5.74) is 1.25. The number of nitriles is 2. The highest BCUT2D eigenvalue weighted by molar-refractivity contribution is 5.63. The Kier molecular flexibility index (Phi) is 3.31. The van der Waals surface area contributed by atoms with Gasteiger partial charge in [-0.1, -0.05) is 18.2 Å². The second-order valence-electron chi connectivity index (χ2n) is 3.91. The van der Waals surface area contributed by atoms with E-state index in [0.717, 1.165) is 0 Å². The summed E-state index contributed by atoms with van der Waals surface area (Å²) in [5.74, 6) is 0. The van der Waals surface area contributed by atoms with Crippen LogP contribution in [0.4, 0.5) is 0 Å². The Labute approximate surface area is 109 Å². The summed E-state index contributed by atoms with van der Waals surface area (Å²) in [6, 6.07) is 12.6. The van der Waals surface area contributed by atoms with Crippen LogP contribution in [0.1, 0.15) is 11.3 Å². The molecule has 19 heavy (non-hydrogen) atoms. The monoisotopic (exact) mass is 250 g/mol. The van der Waals surface area contributed by atoms with E-state index in [1.54, 1.807) is 31.2 Å². The molecule has 0 saturated carbocycles. The topological polar surface area (TPSA) is 85.4 Å². The van der Waals surface area contributed by atoms with Gasteiger partial charge in [0.2, 0.25) is 0 Å². The number of hydrogen-bond acceptors (Lipinski definition) is 3. The molecule has 0 aliphatic rings. The van der Waals surface area contributed by atoms with E-state index in [1.807, 2.05) is 18.2 Å². The molecule has 0 atom stereocenters. The molecule has 0 aliphatic heterocycles. The Morgan fingerprint density at radius 3 is 2.47 bits per heavy atom. The van der Waals surface area contributed by atoms with Crippen molar-refractivity contribution in [2.45, 2.75) is 6.92 Å². The van der Waals surface area contributed by atoms with Crippen LogP contribution in [0, 0.1) is 29.6 Å². The first kappa shape index (κ1) is 12.4. The van der Waals surface area contributed by atoms with E-state index in [1.165, 1.54) is 10.8 Å². The lowest BCUT2D eigenvalue weighted by molar-refractivity contribution is 0.835. The predicted molar refractivity (Wildman–Crippen MR) is 70.3 cm³/mol. The van der Waals surface area contributed by atoms with Crippen LogP contribution in [0.3, 0.4) is 0 Å². The molecule has 1 aromatic heterocycles. The normalized spacial score (nSPS) is 9.42. The third-order valence-corrected chi connectivity index (χ3v) is 2.66. The Hall–Kier alpha value is -3.05. The van der Waals surface area contributed by atoms with Gasteiger partial charge in [-0.15, -0.1) is 0 Å². The first-order chi connectivity index (χ1) is 9.17. The molecule has 0 radical (unpaired) electrons. The van der Waals surface area contributed by atoms with Gasteiger partial charge >= 0.3 is 0 Å². The third-order valence-electron chi connectivity index (χ3n) is 2.66. The molecule has 92 valence electrons. The summed E-state index contributed by atoms with van der Waals surface area (Å²) < 4.78 is 1.38. The van der Waals surface area contributed by atoms with Gasteiger partial charge in [0.25, 0.3) is 5.56 Å². The Morgan fingerprint density at radius 2 is 1.89 bits per heavy atom. The van der Waals surface area contributed by atoms with E-state index in [-0.39, 0.29) is 11.1 Å². The summed E-state index contributed by atoms with van der Waals surface area (Å²) in [7, 11) is 0. The second-order valence-corrected chi connectivity index (χ2v) is 3.91. The lowest BCUT2D eigenvalue weighted by atomic mass is 10.2. The molecular weight excluding hydrogens is 240 g/mol. The van der Waals surface area contributed by atoms with Crippen LogP contribution in [-0.2, 0) is 0 Å². The number of aromatic nitrogens is 2. The van der Waals surface area contributed by atoms with Gasteiger partial charge in [0.05, 0.1) is 11.3 Å². The average Bonchev–Trinajstić information content (AvgIpc) is 2.73. The fourth-order valence-corrected chi connectivity index (χ4v) is 1.72. The number of rotatable bonds is 2. The van der Waals surface area contributed by atoms with Crippen LogP contribution in [0.15, 0.2) is 40.7 Å². The van der Waals surface area contributed by atoms with Gasteiger partial charge in [0.15, 0.2) is 0 Å². The van der Waals surface area contributed by atoms with Gasteiger partial charge in [-0.2, -0.15) is 10.5 Å². The summed E-state index contributed by atoms with van der Waals surface area (Å²) >= 11 is 0. The molecule has 0 aliphatic carbocycles. The third kappa shape index (κ3) is 2.31. The predicted octanol–water partition coefficient (Wildman–Crippen LogP) is 1.90. The molecule has 0 amide bonds. The van der Waals surface area contributed by atoms with Gasteiger partial charge in [0, 0.05) is 5.69 Å². The number of nitrogens with one attached hydrogen (secondary N) is 1. The van der Waals surface area contributed by atoms with Crippen molar-refractivity contribution in [2.24, 2.45) is 0 Å². The van der Waals surface area contributed by atoms with Gasteiger partial charge < -0.3 is 0 Å². The maximum absolute atomic E-state index is 12.2. The molecule has 1 N–H and O–H groups in total. The lowest BCUT2D eigenvalue weighted by Crippen LogP contribution is -2.15. The number of benzene rings is 1. The number of allylic oxidation sites excluding steroid dienone is 1. The Bertz CT molecular complexity index is 751. The highest BCUT2D eigenvalue weighted by Gasteiger charge is 2.11. The molecule has 2 rings (SSSR count). The number of aromatic amines is 1. The van der Waals surface area contributed by atoms with Gasteiger partial charge in [-0.3, -0.25) is 9.89 Å². The molecule has 1 aromatic carbocycles. The van der Waals surface area contributed by atoms with Gasteiger partial charge in [-0.25, -0.2) is 4.68 Å². The zero-order valence-corrected chi connectivity index (χ0v) is 10.2. The number of aryl methyl sites for hydroxylation is 1. The minimum atomic E-state index is -0.285. The van der Waals surface area contributed by atoms with Crippen LogP contribution in [-0.4, -0.2) is 9.78 Å². The summed E-state index contributed by atoms with van der Waals surface area (Å²) in [6.07, 6.45) is 1.30.